The first-order chi connectivity index (χ1) is 16.0. The summed E-state index contributed by atoms with van der Waals surface area (Å²) in [4.78, 5) is 9.50. The lowest BCUT2D eigenvalue weighted by atomic mass is 9.77. The Morgan fingerprint density at radius 1 is 1.09 bits per heavy atom. The summed E-state index contributed by atoms with van der Waals surface area (Å²) < 4.78 is 6.00. The first-order valence-electron chi connectivity index (χ1n) is 12.2. The summed E-state index contributed by atoms with van der Waals surface area (Å²) >= 11 is 0. The van der Waals surface area contributed by atoms with E-state index in [9.17, 15) is 5.26 Å². The van der Waals surface area contributed by atoms with Gasteiger partial charge in [0.25, 0.3) is 0 Å². The second kappa shape index (κ2) is 9.14. The van der Waals surface area contributed by atoms with Crippen LogP contribution in [0.1, 0.15) is 50.3 Å². The molecule has 8 nitrogen and oxygen atoms in total. The molecule has 0 radical (unpaired) electrons. The van der Waals surface area contributed by atoms with Crippen molar-refractivity contribution in [2.75, 3.05) is 42.5 Å². The SMILES string of the molecule is Cc1nc(N2CC3(CCN(c4ccc(OC5CCNCC5)nn4)CC3)C[C@@H]2C)ccc1C#N. The van der Waals surface area contributed by atoms with Crippen molar-refractivity contribution in [3.8, 4) is 11.9 Å². The smallest absolute Gasteiger partial charge is 0.233 e. The monoisotopic (exact) mass is 447 g/mol. The van der Waals surface area contributed by atoms with Gasteiger partial charge in [0.1, 0.15) is 18.0 Å². The van der Waals surface area contributed by atoms with E-state index in [1.54, 1.807) is 0 Å². The van der Waals surface area contributed by atoms with Crippen LogP contribution in [0.4, 0.5) is 11.6 Å². The number of hydrogen-bond acceptors (Lipinski definition) is 8. The molecule has 3 aliphatic rings. The molecule has 1 N–H and O–H groups in total. The lowest BCUT2D eigenvalue weighted by Gasteiger charge is -2.39. The van der Waals surface area contributed by atoms with Crippen molar-refractivity contribution in [3.05, 3.63) is 35.5 Å². The van der Waals surface area contributed by atoms with Gasteiger partial charge in [0, 0.05) is 31.7 Å². The van der Waals surface area contributed by atoms with Crippen molar-refractivity contribution >= 4 is 11.6 Å². The van der Waals surface area contributed by atoms with Gasteiger partial charge in [0.05, 0.1) is 11.3 Å². The van der Waals surface area contributed by atoms with Crippen molar-refractivity contribution in [2.24, 2.45) is 5.41 Å². The fraction of sp³-hybridized carbons (Fsp3) is 0.600. The molecule has 1 spiro atoms. The molecular formula is C25H33N7O. The number of ether oxygens (including phenoxy) is 1. The third-order valence-electron chi connectivity index (χ3n) is 7.60. The molecule has 2 aromatic heterocycles. The molecule has 0 bridgehead atoms. The van der Waals surface area contributed by atoms with E-state index < -0.39 is 0 Å². The van der Waals surface area contributed by atoms with Crippen molar-refractivity contribution in [2.45, 2.75) is 58.1 Å². The van der Waals surface area contributed by atoms with E-state index in [0.29, 0.717) is 22.9 Å². The second-order valence-electron chi connectivity index (χ2n) is 9.88. The molecule has 1 atom stereocenters. The molecule has 2 aromatic rings. The van der Waals surface area contributed by atoms with Crippen molar-refractivity contribution < 1.29 is 4.74 Å². The van der Waals surface area contributed by atoms with Gasteiger partial charge < -0.3 is 19.9 Å². The Hall–Kier alpha value is -2.92. The van der Waals surface area contributed by atoms with E-state index in [0.717, 1.165) is 75.7 Å². The van der Waals surface area contributed by atoms with E-state index in [1.807, 2.05) is 25.1 Å². The topological polar surface area (TPSA) is 90.2 Å². The molecule has 33 heavy (non-hydrogen) atoms. The Labute approximate surface area is 196 Å². The maximum atomic E-state index is 9.21. The molecular weight excluding hydrogens is 414 g/mol. The summed E-state index contributed by atoms with van der Waals surface area (Å²) in [7, 11) is 0. The van der Waals surface area contributed by atoms with Crippen LogP contribution < -0.4 is 19.9 Å². The Morgan fingerprint density at radius 3 is 2.52 bits per heavy atom. The summed E-state index contributed by atoms with van der Waals surface area (Å²) in [6, 6.07) is 10.6. The van der Waals surface area contributed by atoms with Gasteiger partial charge in [0.15, 0.2) is 5.82 Å². The third kappa shape index (κ3) is 4.60. The third-order valence-corrected chi connectivity index (χ3v) is 7.60. The Kier molecular flexibility index (Phi) is 6.07. The number of aryl methyl sites for hydroxylation is 1. The van der Waals surface area contributed by atoms with Gasteiger partial charge in [0.2, 0.25) is 5.88 Å². The minimum absolute atomic E-state index is 0.239. The molecule has 0 aliphatic carbocycles. The number of pyridine rings is 1. The first kappa shape index (κ1) is 21.9. The summed E-state index contributed by atoms with van der Waals surface area (Å²) in [6.07, 6.45) is 5.73. The molecule has 3 fully saturated rings. The molecule has 3 aliphatic heterocycles. The number of anilines is 2. The minimum atomic E-state index is 0.239. The fourth-order valence-electron chi connectivity index (χ4n) is 5.65. The normalized spacial score (nSPS) is 23.0. The maximum Gasteiger partial charge on any atom is 0.233 e. The zero-order valence-corrected chi connectivity index (χ0v) is 19.6. The van der Waals surface area contributed by atoms with Gasteiger partial charge in [-0.25, -0.2) is 4.98 Å². The molecule has 174 valence electrons. The predicted octanol–water partition coefficient (Wildman–Crippen LogP) is 3.07. The van der Waals surface area contributed by atoms with E-state index >= 15 is 0 Å². The molecule has 3 saturated heterocycles. The first-order valence-corrected chi connectivity index (χ1v) is 12.2. The standard InChI is InChI=1S/C25H33N7O/c1-18-15-25(17-32(18)22-4-3-20(16-26)19(2)28-22)9-13-31(14-10-25)23-5-6-24(30-29-23)33-21-7-11-27-12-8-21/h3-6,18,21,27H,7-15,17H2,1-2H3/t18-/m0/s1. The highest BCUT2D eigenvalue weighted by Crippen LogP contribution is 2.45. The quantitative estimate of drug-likeness (QED) is 0.765. The number of hydrogen-bond donors (Lipinski definition) is 1. The largest absolute Gasteiger partial charge is 0.473 e. The molecule has 8 heteroatoms. The van der Waals surface area contributed by atoms with E-state index in [4.69, 9.17) is 9.72 Å². The highest BCUT2D eigenvalue weighted by atomic mass is 16.5. The molecule has 0 unspecified atom stereocenters. The second-order valence-corrected chi connectivity index (χ2v) is 9.88. The Bertz CT molecular complexity index is 1000. The number of piperidine rings is 2. The summed E-state index contributed by atoms with van der Waals surface area (Å²) in [5.41, 5.74) is 1.77. The highest BCUT2D eigenvalue weighted by Gasteiger charge is 2.44. The number of aromatic nitrogens is 3. The van der Waals surface area contributed by atoms with Crippen LogP contribution in [0.25, 0.3) is 0 Å². The Balaban J connectivity index is 1.19. The van der Waals surface area contributed by atoms with E-state index in [1.165, 1.54) is 6.42 Å². The van der Waals surface area contributed by atoms with Crippen LogP contribution in [0.15, 0.2) is 24.3 Å². The van der Waals surface area contributed by atoms with Crippen LogP contribution in [-0.2, 0) is 0 Å². The molecule has 5 rings (SSSR count). The van der Waals surface area contributed by atoms with Crippen LogP contribution in [0, 0.1) is 23.7 Å². The summed E-state index contributed by atoms with van der Waals surface area (Å²) in [5.74, 6) is 2.56. The maximum absolute atomic E-state index is 9.21. The van der Waals surface area contributed by atoms with Crippen LogP contribution in [0.3, 0.4) is 0 Å². The van der Waals surface area contributed by atoms with Crippen LogP contribution in [0.5, 0.6) is 5.88 Å². The van der Waals surface area contributed by atoms with Gasteiger partial charge in [-0.2, -0.15) is 5.26 Å². The van der Waals surface area contributed by atoms with Gasteiger partial charge in [-0.3, -0.25) is 0 Å². The van der Waals surface area contributed by atoms with Crippen molar-refractivity contribution in [3.63, 3.8) is 0 Å². The van der Waals surface area contributed by atoms with Gasteiger partial charge in [-0.05, 0) is 82.7 Å². The number of nitrogens with one attached hydrogen (secondary N) is 1. The van der Waals surface area contributed by atoms with E-state index in [-0.39, 0.29) is 6.10 Å². The lowest BCUT2D eigenvalue weighted by molar-refractivity contribution is 0.154. The van der Waals surface area contributed by atoms with Crippen LogP contribution in [0.2, 0.25) is 0 Å². The fourth-order valence-corrected chi connectivity index (χ4v) is 5.65. The zero-order valence-electron chi connectivity index (χ0n) is 19.6. The molecule has 0 aromatic carbocycles. The lowest BCUT2D eigenvalue weighted by Crippen LogP contribution is -2.42. The van der Waals surface area contributed by atoms with Crippen LogP contribution >= 0.6 is 0 Å². The van der Waals surface area contributed by atoms with Crippen molar-refractivity contribution in [1.82, 2.24) is 20.5 Å². The Morgan fingerprint density at radius 2 is 1.85 bits per heavy atom. The average molecular weight is 448 g/mol. The zero-order chi connectivity index (χ0) is 22.8. The average Bonchev–Trinajstić information content (AvgIpc) is 3.16. The predicted molar refractivity (Wildman–Crippen MR) is 128 cm³/mol. The van der Waals surface area contributed by atoms with E-state index in [2.05, 4.69) is 44.4 Å². The van der Waals surface area contributed by atoms with Gasteiger partial charge in [-0.15, -0.1) is 10.2 Å². The molecule has 0 amide bonds. The van der Waals surface area contributed by atoms with Gasteiger partial charge >= 0.3 is 0 Å². The van der Waals surface area contributed by atoms with Gasteiger partial charge in [-0.1, -0.05) is 0 Å². The number of nitriles is 1. The van der Waals surface area contributed by atoms with Crippen LogP contribution in [-0.4, -0.2) is 60.1 Å². The summed E-state index contributed by atoms with van der Waals surface area (Å²) in [6.45, 7) is 9.22. The summed E-state index contributed by atoms with van der Waals surface area (Å²) in [5, 5.41) is 21.4. The van der Waals surface area contributed by atoms with Crippen molar-refractivity contribution in [1.29, 1.82) is 5.26 Å². The molecule has 5 heterocycles. The number of rotatable bonds is 4. The minimum Gasteiger partial charge on any atom is -0.473 e. The highest BCUT2D eigenvalue weighted by molar-refractivity contribution is 5.48. The number of nitrogens with zero attached hydrogens (tertiary/aromatic N) is 6. The molecule has 0 saturated carbocycles.